The fraction of sp³-hybridized carbons (Fsp3) is 1.00. The van der Waals surface area contributed by atoms with Gasteiger partial charge in [0.05, 0.1) is 12.2 Å². The lowest BCUT2D eigenvalue weighted by Gasteiger charge is -2.38. The van der Waals surface area contributed by atoms with Gasteiger partial charge in [-0.1, -0.05) is 20.8 Å². The number of hydrogen-bond donors (Lipinski definition) is 1. The molecule has 2 aliphatic rings. The Morgan fingerprint density at radius 3 is 2.19 bits per heavy atom. The first-order valence-electron chi connectivity index (χ1n) is 6.91. The van der Waals surface area contributed by atoms with E-state index in [0.29, 0.717) is 18.2 Å². The Balaban J connectivity index is 0.000000811. The molecule has 2 rings (SSSR count). The highest BCUT2D eigenvalue weighted by Crippen LogP contribution is 2.25. The molecule has 1 aliphatic carbocycles. The molecule has 1 heterocycles. The molecule has 1 saturated carbocycles. The van der Waals surface area contributed by atoms with Crippen molar-refractivity contribution in [2.24, 2.45) is 5.73 Å². The van der Waals surface area contributed by atoms with E-state index in [1.807, 2.05) is 13.8 Å². The van der Waals surface area contributed by atoms with Crippen molar-refractivity contribution in [1.29, 1.82) is 0 Å². The molecule has 0 aromatic heterocycles. The Kier molecular flexibility index (Phi) is 6.32. The predicted octanol–water partition coefficient (Wildman–Crippen LogP) is 2.25. The molecule has 3 heteroatoms. The largest absolute Gasteiger partial charge is 0.375 e. The Hall–Kier alpha value is -0.120. The Bertz CT molecular complexity index is 178. The zero-order valence-corrected chi connectivity index (χ0v) is 11.1. The standard InChI is InChI=1S/C11H22N2O.C2H6.H2/c1-2-13-5-3-10(4-6-13)14-11-7-9(12)8-11;1-2;/h9-11H,2-8,12H2,1H3;1-2H3;1H. The number of rotatable bonds is 3. The van der Waals surface area contributed by atoms with Crippen LogP contribution in [0.3, 0.4) is 0 Å². The van der Waals surface area contributed by atoms with Gasteiger partial charge >= 0.3 is 0 Å². The van der Waals surface area contributed by atoms with Crippen molar-refractivity contribution in [3.63, 3.8) is 0 Å². The van der Waals surface area contributed by atoms with Gasteiger partial charge in [0.15, 0.2) is 0 Å². The highest BCUT2D eigenvalue weighted by atomic mass is 16.5. The van der Waals surface area contributed by atoms with E-state index in [4.69, 9.17) is 10.5 Å². The van der Waals surface area contributed by atoms with Crippen LogP contribution in [0.4, 0.5) is 0 Å². The van der Waals surface area contributed by atoms with Gasteiger partial charge in [0.25, 0.3) is 0 Å². The van der Waals surface area contributed by atoms with E-state index in [1.54, 1.807) is 0 Å². The molecule has 0 radical (unpaired) electrons. The van der Waals surface area contributed by atoms with Crippen LogP contribution < -0.4 is 5.73 Å². The lowest BCUT2D eigenvalue weighted by atomic mass is 9.90. The van der Waals surface area contributed by atoms with Crippen LogP contribution in [-0.4, -0.2) is 42.8 Å². The lowest BCUT2D eigenvalue weighted by molar-refractivity contribution is -0.0792. The minimum absolute atomic E-state index is 0. The molecule has 0 spiro atoms. The molecule has 0 aromatic rings. The topological polar surface area (TPSA) is 38.5 Å². The van der Waals surface area contributed by atoms with E-state index in [0.717, 1.165) is 12.8 Å². The number of likely N-dealkylation sites (tertiary alicyclic amines) is 1. The van der Waals surface area contributed by atoms with E-state index in [-0.39, 0.29) is 1.43 Å². The van der Waals surface area contributed by atoms with Crippen LogP contribution in [0.1, 0.15) is 47.9 Å². The average molecular weight is 230 g/mol. The first-order chi connectivity index (χ1) is 7.78. The third-order valence-electron chi connectivity index (χ3n) is 3.50. The molecule has 0 bridgehead atoms. The van der Waals surface area contributed by atoms with Gasteiger partial charge in [0.1, 0.15) is 0 Å². The zero-order chi connectivity index (χ0) is 12.0. The number of nitrogens with two attached hydrogens (primary N) is 1. The maximum atomic E-state index is 5.98. The summed E-state index contributed by atoms with van der Waals surface area (Å²) in [5, 5.41) is 0. The summed E-state index contributed by atoms with van der Waals surface area (Å²) in [6.45, 7) is 9.83. The summed E-state index contributed by atoms with van der Waals surface area (Å²) >= 11 is 0. The molecule has 0 aromatic carbocycles. The fourth-order valence-electron chi connectivity index (χ4n) is 2.35. The van der Waals surface area contributed by atoms with Gasteiger partial charge in [-0.15, -0.1) is 0 Å². The summed E-state index contributed by atoms with van der Waals surface area (Å²) in [4.78, 5) is 2.49. The maximum Gasteiger partial charge on any atom is 0.0608 e. The van der Waals surface area contributed by atoms with Crippen LogP contribution in [0.25, 0.3) is 0 Å². The number of ether oxygens (including phenoxy) is 1. The van der Waals surface area contributed by atoms with Crippen molar-refractivity contribution in [3.05, 3.63) is 0 Å². The highest BCUT2D eigenvalue weighted by molar-refractivity contribution is 4.84. The van der Waals surface area contributed by atoms with Gasteiger partial charge in [-0.3, -0.25) is 0 Å². The third-order valence-corrected chi connectivity index (χ3v) is 3.50. The average Bonchev–Trinajstić information content (AvgIpc) is 2.31. The Morgan fingerprint density at radius 1 is 1.19 bits per heavy atom. The molecule has 1 aliphatic heterocycles. The van der Waals surface area contributed by atoms with Crippen molar-refractivity contribution >= 4 is 0 Å². The second-order valence-electron chi connectivity index (χ2n) is 4.62. The molecule has 3 nitrogen and oxygen atoms in total. The summed E-state index contributed by atoms with van der Waals surface area (Å²) in [6, 6.07) is 0.413. The SMILES string of the molecule is CC.CCN1CCC(OC2CC(N)C2)CC1.[HH]. The quantitative estimate of drug-likeness (QED) is 0.808. The van der Waals surface area contributed by atoms with Gasteiger partial charge in [0.2, 0.25) is 0 Å². The smallest absolute Gasteiger partial charge is 0.0608 e. The van der Waals surface area contributed by atoms with Crippen LogP contribution in [0, 0.1) is 0 Å². The minimum atomic E-state index is 0. The summed E-state index contributed by atoms with van der Waals surface area (Å²) in [5.74, 6) is 0. The second-order valence-corrected chi connectivity index (χ2v) is 4.62. The fourth-order valence-corrected chi connectivity index (χ4v) is 2.35. The molecule has 0 unspecified atom stereocenters. The van der Waals surface area contributed by atoms with Crippen molar-refractivity contribution in [2.45, 2.75) is 64.7 Å². The van der Waals surface area contributed by atoms with Gasteiger partial charge in [-0.25, -0.2) is 0 Å². The Labute approximate surface area is 102 Å². The van der Waals surface area contributed by atoms with Crippen molar-refractivity contribution in [3.8, 4) is 0 Å². The van der Waals surface area contributed by atoms with Crippen molar-refractivity contribution < 1.29 is 6.16 Å². The molecule has 0 atom stereocenters. The van der Waals surface area contributed by atoms with E-state index in [2.05, 4.69) is 11.8 Å². The molecular formula is C13H30N2O. The molecule has 2 N–H and O–H groups in total. The molecule has 0 amide bonds. The highest BCUT2D eigenvalue weighted by Gasteiger charge is 2.30. The summed E-state index contributed by atoms with van der Waals surface area (Å²) < 4.78 is 5.98. The maximum absolute atomic E-state index is 5.98. The van der Waals surface area contributed by atoms with E-state index in [1.165, 1.54) is 32.5 Å². The summed E-state index contributed by atoms with van der Waals surface area (Å²) in [7, 11) is 0. The number of piperidine rings is 1. The van der Waals surface area contributed by atoms with Crippen LogP contribution in [0.5, 0.6) is 0 Å². The zero-order valence-electron chi connectivity index (χ0n) is 11.1. The van der Waals surface area contributed by atoms with Crippen LogP contribution in [-0.2, 0) is 4.74 Å². The van der Waals surface area contributed by atoms with Gasteiger partial charge < -0.3 is 15.4 Å². The van der Waals surface area contributed by atoms with Crippen LogP contribution in [0.15, 0.2) is 0 Å². The first kappa shape index (κ1) is 13.9. The summed E-state index contributed by atoms with van der Waals surface area (Å²) in [5.41, 5.74) is 5.73. The number of nitrogens with zero attached hydrogens (tertiary/aromatic N) is 1. The minimum Gasteiger partial charge on any atom is -0.375 e. The van der Waals surface area contributed by atoms with Gasteiger partial charge in [0, 0.05) is 20.6 Å². The normalized spacial score (nSPS) is 31.5. The van der Waals surface area contributed by atoms with E-state index < -0.39 is 0 Å². The first-order valence-corrected chi connectivity index (χ1v) is 6.91. The molecule has 2 fully saturated rings. The molecule has 16 heavy (non-hydrogen) atoms. The molecule has 1 saturated heterocycles. The van der Waals surface area contributed by atoms with E-state index in [9.17, 15) is 0 Å². The third kappa shape index (κ3) is 4.04. The van der Waals surface area contributed by atoms with Gasteiger partial charge in [-0.05, 0) is 32.2 Å². The molecular weight excluding hydrogens is 200 g/mol. The Morgan fingerprint density at radius 2 is 1.75 bits per heavy atom. The lowest BCUT2D eigenvalue weighted by Crippen LogP contribution is -2.45. The summed E-state index contributed by atoms with van der Waals surface area (Å²) in [6.07, 6.45) is 5.56. The number of hydrogen-bond acceptors (Lipinski definition) is 3. The van der Waals surface area contributed by atoms with Crippen LogP contribution >= 0.6 is 0 Å². The van der Waals surface area contributed by atoms with Crippen LogP contribution in [0.2, 0.25) is 0 Å². The van der Waals surface area contributed by atoms with Crippen molar-refractivity contribution in [2.75, 3.05) is 19.6 Å². The van der Waals surface area contributed by atoms with Gasteiger partial charge in [-0.2, -0.15) is 0 Å². The second kappa shape index (κ2) is 7.25. The monoisotopic (exact) mass is 230 g/mol. The van der Waals surface area contributed by atoms with E-state index >= 15 is 0 Å². The predicted molar refractivity (Wildman–Crippen MR) is 70.7 cm³/mol. The molecule has 98 valence electrons. The van der Waals surface area contributed by atoms with Crippen molar-refractivity contribution in [1.82, 2.24) is 4.90 Å².